The third kappa shape index (κ3) is 4.74. The van der Waals surface area contributed by atoms with Gasteiger partial charge in [-0.1, -0.05) is 30.3 Å². The molecular weight excluding hydrogens is 504 g/mol. The lowest BCUT2D eigenvalue weighted by Crippen LogP contribution is -2.21. The molecule has 3 aromatic heterocycles. The summed E-state index contributed by atoms with van der Waals surface area (Å²) in [6, 6.07) is 8.53. The van der Waals surface area contributed by atoms with Gasteiger partial charge in [0.05, 0.1) is 11.3 Å². The molecule has 2 aliphatic rings. The van der Waals surface area contributed by atoms with Crippen LogP contribution in [0.4, 0.5) is 14.7 Å². The smallest absolute Gasteiger partial charge is 0.223 e. The number of aromatic nitrogens is 8. The van der Waals surface area contributed by atoms with E-state index in [2.05, 4.69) is 40.6 Å². The summed E-state index contributed by atoms with van der Waals surface area (Å²) < 4.78 is 31.4. The number of likely N-dealkylation sites (tertiary alicyclic amines) is 1. The molecule has 2 atom stereocenters. The number of benzene rings is 1. The van der Waals surface area contributed by atoms with Crippen LogP contribution in [0.5, 0.6) is 0 Å². The van der Waals surface area contributed by atoms with Gasteiger partial charge in [0.15, 0.2) is 17.3 Å². The summed E-state index contributed by atoms with van der Waals surface area (Å²) in [5.41, 5.74) is 8.48. The Morgan fingerprint density at radius 2 is 2.13 bits per heavy atom. The van der Waals surface area contributed by atoms with Gasteiger partial charge in [-0.05, 0) is 42.5 Å². The maximum Gasteiger partial charge on any atom is 0.223 e. The van der Waals surface area contributed by atoms with Crippen molar-refractivity contribution < 1.29 is 8.78 Å². The summed E-state index contributed by atoms with van der Waals surface area (Å²) in [7, 11) is 0. The molecule has 0 amide bonds. The minimum Gasteiger partial charge on any atom is -0.368 e. The highest BCUT2D eigenvalue weighted by molar-refractivity contribution is 5.74. The summed E-state index contributed by atoms with van der Waals surface area (Å²) >= 11 is 0. The van der Waals surface area contributed by atoms with E-state index < -0.39 is 5.83 Å². The zero-order valence-electron chi connectivity index (χ0n) is 21.1. The maximum atomic E-state index is 15.1. The van der Waals surface area contributed by atoms with Crippen LogP contribution in [0.3, 0.4) is 0 Å². The summed E-state index contributed by atoms with van der Waals surface area (Å²) in [5, 5.41) is 28.1. The van der Waals surface area contributed by atoms with E-state index in [0.29, 0.717) is 47.1 Å². The molecule has 0 radical (unpaired) electrons. The standard InChI is InChI=1S/C26H25F2N11/c1-14-7-17(11-29)24(28)19(8-14)21-10-23-32-22(35-39(23)26(30)31-21)9-18-15(3-2-4-20(18)27)12-38-6-5-16(13-38)25-33-36-37-34-25/h2-4,7,10,14,16H,5-6,8-9,12-13H2,1H3,(H2,30,31)(H,33,34,36,37). The number of nitrogens with zero attached hydrogens (tertiary/aromatic N) is 9. The molecule has 1 aromatic carbocycles. The quantitative estimate of drug-likeness (QED) is 0.384. The number of nitrogens with one attached hydrogen (secondary N) is 1. The molecule has 3 N–H and O–H groups in total. The van der Waals surface area contributed by atoms with E-state index in [1.165, 1.54) is 10.6 Å². The van der Waals surface area contributed by atoms with Crippen molar-refractivity contribution in [2.24, 2.45) is 5.92 Å². The summed E-state index contributed by atoms with van der Waals surface area (Å²) in [4.78, 5) is 11.1. The van der Waals surface area contributed by atoms with Gasteiger partial charge in [0.1, 0.15) is 17.7 Å². The van der Waals surface area contributed by atoms with Crippen LogP contribution in [0.2, 0.25) is 0 Å². The molecule has 6 rings (SSSR count). The zero-order valence-corrected chi connectivity index (χ0v) is 21.1. The van der Waals surface area contributed by atoms with Gasteiger partial charge in [-0.15, -0.1) is 15.3 Å². The molecular formula is C26H25F2N11. The summed E-state index contributed by atoms with van der Waals surface area (Å²) in [5.74, 6) is 0.284. The molecule has 4 heterocycles. The predicted octanol–water partition coefficient (Wildman–Crippen LogP) is 3.11. The normalized spacial score (nSPS) is 20.0. The fourth-order valence-electron chi connectivity index (χ4n) is 5.36. The van der Waals surface area contributed by atoms with Gasteiger partial charge < -0.3 is 5.73 Å². The lowest BCUT2D eigenvalue weighted by atomic mass is 9.89. The van der Waals surface area contributed by atoms with Crippen LogP contribution < -0.4 is 5.73 Å². The lowest BCUT2D eigenvalue weighted by molar-refractivity contribution is 0.324. The van der Waals surface area contributed by atoms with Crippen molar-refractivity contribution in [1.29, 1.82) is 5.26 Å². The van der Waals surface area contributed by atoms with E-state index in [9.17, 15) is 9.65 Å². The minimum atomic E-state index is -0.605. The van der Waals surface area contributed by atoms with Crippen LogP contribution in [-0.2, 0) is 13.0 Å². The van der Waals surface area contributed by atoms with E-state index >= 15 is 4.39 Å². The van der Waals surface area contributed by atoms with Gasteiger partial charge in [-0.3, -0.25) is 4.90 Å². The topological polar surface area (TPSA) is 151 Å². The SMILES string of the molecule is CC1C=C(C#N)C(F)=C(c2cc3nc(Cc4c(F)cccc4CN4CCC(c5nn[nH]n5)C4)nn3c(N)n2)C1. The number of rotatable bonds is 6. The average molecular weight is 530 g/mol. The molecule has 1 saturated heterocycles. The Hall–Kier alpha value is -4.57. The number of tetrazole rings is 1. The van der Waals surface area contributed by atoms with Crippen LogP contribution >= 0.6 is 0 Å². The number of nitrogens with two attached hydrogens (primary N) is 1. The highest BCUT2D eigenvalue weighted by Gasteiger charge is 2.28. The fourth-order valence-corrected chi connectivity index (χ4v) is 5.36. The van der Waals surface area contributed by atoms with Gasteiger partial charge in [-0.2, -0.15) is 15.0 Å². The van der Waals surface area contributed by atoms with Gasteiger partial charge in [0, 0.05) is 37.1 Å². The Morgan fingerprint density at radius 3 is 2.92 bits per heavy atom. The van der Waals surface area contributed by atoms with Crippen molar-refractivity contribution in [2.75, 3.05) is 18.8 Å². The first-order chi connectivity index (χ1) is 18.9. The first kappa shape index (κ1) is 24.7. The van der Waals surface area contributed by atoms with Crippen molar-refractivity contribution in [1.82, 2.24) is 45.1 Å². The number of hydrogen-bond donors (Lipinski definition) is 2. The molecule has 0 saturated carbocycles. The van der Waals surface area contributed by atoms with E-state index in [0.717, 1.165) is 25.1 Å². The van der Waals surface area contributed by atoms with Gasteiger partial charge in [0.2, 0.25) is 5.95 Å². The number of fused-ring (bicyclic) bond motifs is 1. The third-order valence-corrected chi connectivity index (χ3v) is 7.25. The Labute approximate surface area is 222 Å². The Bertz CT molecular complexity index is 1650. The number of hydrogen-bond acceptors (Lipinski definition) is 9. The van der Waals surface area contributed by atoms with E-state index in [1.807, 2.05) is 19.1 Å². The highest BCUT2D eigenvalue weighted by Crippen LogP contribution is 2.36. The minimum absolute atomic E-state index is 0.0140. The Balaban J connectivity index is 1.27. The molecule has 0 spiro atoms. The molecule has 0 bridgehead atoms. The molecule has 1 fully saturated rings. The van der Waals surface area contributed by atoms with Crippen molar-refractivity contribution in [3.8, 4) is 6.07 Å². The van der Waals surface area contributed by atoms with E-state index in [4.69, 9.17) is 5.73 Å². The van der Waals surface area contributed by atoms with Crippen molar-refractivity contribution in [3.05, 3.63) is 76.0 Å². The predicted molar refractivity (Wildman–Crippen MR) is 137 cm³/mol. The first-order valence-corrected chi connectivity index (χ1v) is 12.6. The number of H-pyrrole nitrogens is 1. The molecule has 39 heavy (non-hydrogen) atoms. The van der Waals surface area contributed by atoms with E-state index in [1.54, 1.807) is 18.2 Å². The second kappa shape index (κ2) is 9.95. The van der Waals surface area contributed by atoms with Gasteiger partial charge >= 0.3 is 0 Å². The van der Waals surface area contributed by atoms with Crippen molar-refractivity contribution in [3.63, 3.8) is 0 Å². The van der Waals surface area contributed by atoms with Gasteiger partial charge in [-0.25, -0.2) is 18.7 Å². The number of anilines is 1. The van der Waals surface area contributed by atoms with Crippen LogP contribution in [0.1, 0.15) is 54.2 Å². The molecule has 2 unspecified atom stereocenters. The molecule has 11 nitrogen and oxygen atoms in total. The number of nitriles is 1. The van der Waals surface area contributed by atoms with Crippen molar-refractivity contribution in [2.45, 2.75) is 38.6 Å². The second-order valence-electron chi connectivity index (χ2n) is 10.0. The maximum absolute atomic E-state index is 15.1. The molecule has 4 aromatic rings. The summed E-state index contributed by atoms with van der Waals surface area (Å²) in [6.07, 6.45) is 3.03. The van der Waals surface area contributed by atoms with Crippen LogP contribution in [0, 0.1) is 23.1 Å². The monoisotopic (exact) mass is 529 g/mol. The number of halogens is 2. The number of aromatic amines is 1. The summed E-state index contributed by atoms with van der Waals surface area (Å²) in [6.45, 7) is 4.05. The molecule has 13 heteroatoms. The average Bonchev–Trinajstić information content (AvgIpc) is 3.68. The van der Waals surface area contributed by atoms with Crippen molar-refractivity contribution >= 4 is 17.2 Å². The van der Waals surface area contributed by atoms with Crippen LogP contribution in [0.15, 0.2) is 41.7 Å². The van der Waals surface area contributed by atoms with Gasteiger partial charge in [0.25, 0.3) is 0 Å². The second-order valence-corrected chi connectivity index (χ2v) is 10.0. The first-order valence-electron chi connectivity index (χ1n) is 12.6. The fraction of sp³-hybridized carbons (Fsp3) is 0.346. The molecule has 1 aliphatic carbocycles. The number of nitrogen functional groups attached to an aromatic ring is 1. The number of allylic oxidation sites excluding steroid dienone is 4. The largest absolute Gasteiger partial charge is 0.368 e. The molecule has 1 aliphatic heterocycles. The highest BCUT2D eigenvalue weighted by atomic mass is 19.1. The van der Waals surface area contributed by atoms with Crippen LogP contribution in [0.25, 0.3) is 11.2 Å². The Morgan fingerprint density at radius 1 is 1.26 bits per heavy atom. The molecule has 198 valence electrons. The van der Waals surface area contributed by atoms with Crippen LogP contribution in [-0.4, -0.2) is 58.2 Å². The third-order valence-electron chi connectivity index (χ3n) is 7.25. The zero-order chi connectivity index (χ0) is 27.1. The lowest BCUT2D eigenvalue weighted by Gasteiger charge is -2.18. The van der Waals surface area contributed by atoms with E-state index in [-0.39, 0.29) is 35.6 Å². The Kier molecular flexibility index (Phi) is 6.32.